The summed E-state index contributed by atoms with van der Waals surface area (Å²) in [6.07, 6.45) is 8.47. The predicted molar refractivity (Wildman–Crippen MR) is 69.7 cm³/mol. The second-order valence-corrected chi connectivity index (χ2v) is 6.31. The lowest BCUT2D eigenvalue weighted by molar-refractivity contribution is 0.0205. The Balaban J connectivity index is 2.11. The van der Waals surface area contributed by atoms with Crippen LogP contribution < -0.4 is 5.32 Å². The summed E-state index contributed by atoms with van der Waals surface area (Å²) >= 11 is 0. The Kier molecular flexibility index (Phi) is 3.91. The highest BCUT2D eigenvalue weighted by atomic mass is 15.3. The zero-order chi connectivity index (χ0) is 11.6. The molecule has 2 nitrogen and oxygen atoms in total. The first-order valence-electron chi connectivity index (χ1n) is 7.10. The van der Waals surface area contributed by atoms with Crippen LogP contribution in [0.25, 0.3) is 0 Å². The minimum Gasteiger partial charge on any atom is -0.315 e. The van der Waals surface area contributed by atoms with Crippen molar-refractivity contribution >= 4 is 0 Å². The Bertz CT molecular complexity index is 219. The highest BCUT2D eigenvalue weighted by Crippen LogP contribution is 2.32. The number of nitrogens with one attached hydrogen (secondary N) is 1. The minimum atomic E-state index is 0.380. The van der Waals surface area contributed by atoms with Gasteiger partial charge in [0.05, 0.1) is 0 Å². The topological polar surface area (TPSA) is 15.3 Å². The van der Waals surface area contributed by atoms with Crippen LogP contribution in [-0.4, -0.2) is 35.6 Å². The molecule has 0 aromatic carbocycles. The van der Waals surface area contributed by atoms with E-state index in [0.717, 1.165) is 6.04 Å². The van der Waals surface area contributed by atoms with Gasteiger partial charge in [-0.05, 0) is 46.6 Å². The normalized spacial score (nSPS) is 33.6. The molecule has 1 unspecified atom stereocenters. The van der Waals surface area contributed by atoms with Crippen molar-refractivity contribution in [3.63, 3.8) is 0 Å². The maximum atomic E-state index is 3.58. The fourth-order valence-corrected chi connectivity index (χ4v) is 3.74. The largest absolute Gasteiger partial charge is 0.315 e. The summed E-state index contributed by atoms with van der Waals surface area (Å²) in [6.45, 7) is 9.62. The van der Waals surface area contributed by atoms with Gasteiger partial charge in [-0.2, -0.15) is 0 Å². The number of rotatable bonds is 1. The quantitative estimate of drug-likeness (QED) is 0.737. The summed E-state index contributed by atoms with van der Waals surface area (Å²) < 4.78 is 0. The molecule has 2 aliphatic rings. The van der Waals surface area contributed by atoms with E-state index in [4.69, 9.17) is 0 Å². The molecule has 1 aliphatic heterocycles. The van der Waals surface area contributed by atoms with Gasteiger partial charge in [0, 0.05) is 24.2 Å². The molecule has 94 valence electrons. The van der Waals surface area contributed by atoms with E-state index in [1.807, 2.05) is 0 Å². The molecule has 2 fully saturated rings. The van der Waals surface area contributed by atoms with E-state index in [9.17, 15) is 0 Å². The summed E-state index contributed by atoms with van der Waals surface area (Å²) in [5, 5.41) is 3.58. The molecule has 2 heteroatoms. The lowest BCUT2D eigenvalue weighted by atomic mass is 9.87. The monoisotopic (exact) mass is 224 g/mol. The Morgan fingerprint density at radius 1 is 1.12 bits per heavy atom. The van der Waals surface area contributed by atoms with Crippen LogP contribution in [0.15, 0.2) is 0 Å². The smallest absolute Gasteiger partial charge is 0.0200 e. The fourth-order valence-electron chi connectivity index (χ4n) is 3.74. The molecular formula is C14H28N2. The average Bonchev–Trinajstić information content (AvgIpc) is 2.38. The molecular weight excluding hydrogens is 196 g/mol. The molecule has 0 bridgehead atoms. The average molecular weight is 224 g/mol. The van der Waals surface area contributed by atoms with Gasteiger partial charge in [-0.3, -0.25) is 4.90 Å². The van der Waals surface area contributed by atoms with Crippen molar-refractivity contribution in [3.05, 3.63) is 0 Å². The highest BCUT2D eigenvalue weighted by molar-refractivity contribution is 4.94. The molecule has 0 spiro atoms. The lowest BCUT2D eigenvalue weighted by Crippen LogP contribution is -2.55. The van der Waals surface area contributed by atoms with Crippen LogP contribution in [-0.2, 0) is 0 Å². The van der Waals surface area contributed by atoms with Gasteiger partial charge >= 0.3 is 0 Å². The van der Waals surface area contributed by atoms with Gasteiger partial charge < -0.3 is 5.32 Å². The zero-order valence-electron chi connectivity index (χ0n) is 11.3. The second kappa shape index (κ2) is 5.05. The molecule has 0 aromatic rings. The van der Waals surface area contributed by atoms with Crippen LogP contribution in [0.1, 0.15) is 59.3 Å². The predicted octanol–water partition coefficient (Wildman–Crippen LogP) is 2.78. The summed E-state index contributed by atoms with van der Waals surface area (Å²) in [5.74, 6) is 0. The van der Waals surface area contributed by atoms with Crippen molar-refractivity contribution in [3.8, 4) is 0 Å². The number of nitrogens with zero attached hydrogens (tertiary/aromatic N) is 1. The van der Waals surface area contributed by atoms with E-state index in [1.54, 1.807) is 0 Å². The van der Waals surface area contributed by atoms with Crippen molar-refractivity contribution in [1.29, 1.82) is 0 Å². The number of hydrogen-bond acceptors (Lipinski definition) is 2. The van der Waals surface area contributed by atoms with Crippen molar-refractivity contribution in [1.82, 2.24) is 10.2 Å². The van der Waals surface area contributed by atoms with E-state index in [-0.39, 0.29) is 0 Å². The van der Waals surface area contributed by atoms with E-state index in [1.165, 1.54) is 51.6 Å². The van der Waals surface area contributed by atoms with Gasteiger partial charge in [0.1, 0.15) is 0 Å². The van der Waals surface area contributed by atoms with Gasteiger partial charge in [0.2, 0.25) is 0 Å². The molecule has 1 atom stereocenters. The van der Waals surface area contributed by atoms with Crippen molar-refractivity contribution < 1.29 is 0 Å². The maximum Gasteiger partial charge on any atom is 0.0200 e. The zero-order valence-corrected chi connectivity index (χ0v) is 11.3. The van der Waals surface area contributed by atoms with Crippen LogP contribution in [0.4, 0.5) is 0 Å². The van der Waals surface area contributed by atoms with Gasteiger partial charge in [0.25, 0.3) is 0 Å². The van der Waals surface area contributed by atoms with Gasteiger partial charge in [-0.15, -0.1) is 0 Å². The lowest BCUT2D eigenvalue weighted by Gasteiger charge is -2.47. The van der Waals surface area contributed by atoms with Crippen LogP contribution in [0.5, 0.6) is 0 Å². The Morgan fingerprint density at radius 3 is 2.50 bits per heavy atom. The van der Waals surface area contributed by atoms with E-state index < -0.39 is 0 Å². The molecule has 0 amide bonds. The minimum absolute atomic E-state index is 0.380. The third-order valence-corrected chi connectivity index (χ3v) is 4.50. The van der Waals surface area contributed by atoms with Gasteiger partial charge in [-0.1, -0.05) is 19.3 Å². The molecule has 0 radical (unpaired) electrons. The maximum absolute atomic E-state index is 3.58. The van der Waals surface area contributed by atoms with Crippen LogP contribution >= 0.6 is 0 Å². The molecule has 1 saturated heterocycles. The Labute approximate surface area is 101 Å². The van der Waals surface area contributed by atoms with Crippen LogP contribution in [0.3, 0.4) is 0 Å². The second-order valence-electron chi connectivity index (χ2n) is 6.31. The first-order chi connectivity index (χ1) is 7.61. The van der Waals surface area contributed by atoms with Crippen molar-refractivity contribution in [2.45, 2.75) is 76.9 Å². The molecule has 1 saturated carbocycles. The Hall–Kier alpha value is -0.0800. The first kappa shape index (κ1) is 12.4. The Morgan fingerprint density at radius 2 is 1.81 bits per heavy atom. The standard InChI is InChI=1S/C14H28N2/c1-12-11-15-10-9-14(2,3)16(12)13-7-5-4-6-8-13/h12-13,15H,4-11H2,1-3H3. The summed E-state index contributed by atoms with van der Waals surface area (Å²) in [5.41, 5.74) is 0.380. The van der Waals surface area contributed by atoms with Crippen molar-refractivity contribution in [2.24, 2.45) is 0 Å². The van der Waals surface area contributed by atoms with Gasteiger partial charge in [-0.25, -0.2) is 0 Å². The van der Waals surface area contributed by atoms with Crippen LogP contribution in [0.2, 0.25) is 0 Å². The SMILES string of the molecule is CC1CNCCC(C)(C)N1C1CCCCC1. The van der Waals surface area contributed by atoms with Crippen molar-refractivity contribution in [2.75, 3.05) is 13.1 Å². The van der Waals surface area contributed by atoms with Crippen LogP contribution in [0, 0.1) is 0 Å². The van der Waals surface area contributed by atoms with Gasteiger partial charge in [0.15, 0.2) is 0 Å². The molecule has 0 aromatic heterocycles. The number of hydrogen-bond donors (Lipinski definition) is 1. The van der Waals surface area contributed by atoms with E-state index in [0.29, 0.717) is 11.6 Å². The highest BCUT2D eigenvalue weighted by Gasteiger charge is 2.37. The third-order valence-electron chi connectivity index (χ3n) is 4.50. The van der Waals surface area contributed by atoms with E-state index in [2.05, 4.69) is 31.0 Å². The molecule has 1 N–H and O–H groups in total. The first-order valence-corrected chi connectivity index (χ1v) is 7.10. The summed E-state index contributed by atoms with van der Waals surface area (Å²) in [7, 11) is 0. The molecule has 1 aliphatic carbocycles. The third kappa shape index (κ3) is 2.60. The summed E-state index contributed by atoms with van der Waals surface area (Å²) in [4.78, 5) is 2.83. The molecule has 1 heterocycles. The molecule has 2 rings (SSSR count). The fraction of sp³-hybridized carbons (Fsp3) is 1.00. The summed E-state index contributed by atoms with van der Waals surface area (Å²) in [6, 6.07) is 1.54. The molecule has 16 heavy (non-hydrogen) atoms. The van der Waals surface area contributed by atoms with E-state index >= 15 is 0 Å².